The first-order chi connectivity index (χ1) is 14.4. The van der Waals surface area contributed by atoms with Crippen molar-refractivity contribution in [3.05, 3.63) is 0 Å². The molecule has 0 aromatic rings. The van der Waals surface area contributed by atoms with E-state index in [-0.39, 0.29) is 24.0 Å². The van der Waals surface area contributed by atoms with E-state index in [1.165, 1.54) is 33.3 Å². The van der Waals surface area contributed by atoms with Crippen LogP contribution in [-0.2, 0) is 23.9 Å². The second-order valence-electron chi connectivity index (χ2n) is 10.6. The van der Waals surface area contributed by atoms with E-state index in [4.69, 9.17) is 9.47 Å². The molecule has 9 atom stereocenters. The number of carbonyl (C=O) groups excluding carboxylic acids is 3. The first-order valence-electron chi connectivity index (χ1n) is 12.2. The maximum atomic E-state index is 13.4. The molecule has 0 radical (unpaired) electrons. The highest BCUT2D eigenvalue weighted by Gasteiger charge is 2.55. The van der Waals surface area contributed by atoms with Crippen molar-refractivity contribution < 1.29 is 23.9 Å². The molecule has 4 aliphatic rings. The largest absolute Gasteiger partial charge is 0.469 e. The van der Waals surface area contributed by atoms with Crippen LogP contribution in [0.4, 0.5) is 0 Å². The summed E-state index contributed by atoms with van der Waals surface area (Å²) in [4.78, 5) is 36.3. The molecule has 0 spiro atoms. The zero-order valence-electron chi connectivity index (χ0n) is 18.8. The average Bonchev–Trinajstić information content (AvgIpc) is 3.17. The van der Waals surface area contributed by atoms with Gasteiger partial charge in [0.1, 0.15) is 11.9 Å². The van der Waals surface area contributed by atoms with Gasteiger partial charge in [-0.2, -0.15) is 0 Å². The molecular formula is C25H38O5. The Morgan fingerprint density at radius 3 is 2.47 bits per heavy atom. The van der Waals surface area contributed by atoms with Crippen LogP contribution in [0.5, 0.6) is 0 Å². The van der Waals surface area contributed by atoms with Crippen molar-refractivity contribution in [2.75, 3.05) is 7.11 Å². The topological polar surface area (TPSA) is 69.7 Å². The molecule has 4 rings (SSSR count). The minimum atomic E-state index is -0.166. The minimum absolute atomic E-state index is 0.0823. The summed E-state index contributed by atoms with van der Waals surface area (Å²) in [5.74, 6) is 4.27. The summed E-state index contributed by atoms with van der Waals surface area (Å²) in [6.45, 7) is 3.73. The standard InChI is InChI=1S/C25H38O5/c1-14(4-11-24(28)29-3)18-9-10-21-20-7-5-16-12-17(30-15(2)26)6-8-19(16)22(20)13-23(27)25(18)21/h14,16-22,25H,4-13H2,1-3H3/t14-,16+,17+,18-,19-,20-,21+,22-,25+/m0/s1. The van der Waals surface area contributed by atoms with Crippen LogP contribution in [0.2, 0.25) is 0 Å². The van der Waals surface area contributed by atoms with Gasteiger partial charge in [-0.15, -0.1) is 0 Å². The van der Waals surface area contributed by atoms with Crippen LogP contribution in [-0.4, -0.2) is 30.9 Å². The zero-order valence-corrected chi connectivity index (χ0v) is 18.8. The predicted molar refractivity (Wildman–Crippen MR) is 112 cm³/mol. The van der Waals surface area contributed by atoms with E-state index < -0.39 is 0 Å². The van der Waals surface area contributed by atoms with Gasteiger partial charge in [0.2, 0.25) is 0 Å². The summed E-state index contributed by atoms with van der Waals surface area (Å²) in [5.41, 5.74) is 0. The number of fused-ring (bicyclic) bond motifs is 5. The lowest BCUT2D eigenvalue weighted by Gasteiger charge is -2.52. The van der Waals surface area contributed by atoms with Gasteiger partial charge in [0.25, 0.3) is 0 Å². The summed E-state index contributed by atoms with van der Waals surface area (Å²) in [6.07, 6.45) is 9.94. The molecule has 0 aliphatic heterocycles. The third-order valence-corrected chi connectivity index (χ3v) is 9.17. The Labute approximate surface area is 180 Å². The molecule has 168 valence electrons. The first kappa shape index (κ1) is 21.8. The van der Waals surface area contributed by atoms with Crippen LogP contribution in [0.25, 0.3) is 0 Å². The van der Waals surface area contributed by atoms with E-state index in [1.807, 2.05) is 0 Å². The highest BCUT2D eigenvalue weighted by Crippen LogP contribution is 2.59. The molecule has 0 aromatic heterocycles. The molecule has 0 bridgehead atoms. The average molecular weight is 419 g/mol. The Balaban J connectivity index is 1.41. The van der Waals surface area contributed by atoms with E-state index >= 15 is 0 Å². The van der Waals surface area contributed by atoms with E-state index in [0.29, 0.717) is 53.6 Å². The van der Waals surface area contributed by atoms with Gasteiger partial charge in [-0.3, -0.25) is 14.4 Å². The van der Waals surface area contributed by atoms with Gasteiger partial charge in [0, 0.05) is 25.7 Å². The normalized spacial score (nSPS) is 41.2. The number of ketones is 1. The summed E-state index contributed by atoms with van der Waals surface area (Å²) >= 11 is 0. The second kappa shape index (κ2) is 9.00. The monoisotopic (exact) mass is 418 g/mol. The van der Waals surface area contributed by atoms with Gasteiger partial charge in [0.15, 0.2) is 0 Å². The van der Waals surface area contributed by atoms with Crippen molar-refractivity contribution >= 4 is 17.7 Å². The maximum absolute atomic E-state index is 13.4. The first-order valence-corrected chi connectivity index (χ1v) is 12.2. The van der Waals surface area contributed by atoms with Crippen molar-refractivity contribution in [2.24, 2.45) is 47.3 Å². The quantitative estimate of drug-likeness (QED) is 0.612. The molecule has 0 N–H and O–H groups in total. The van der Waals surface area contributed by atoms with Crippen LogP contribution in [0, 0.1) is 47.3 Å². The molecule has 4 saturated carbocycles. The van der Waals surface area contributed by atoms with Crippen molar-refractivity contribution in [1.29, 1.82) is 0 Å². The number of methoxy groups -OCH3 is 1. The molecule has 0 aromatic carbocycles. The van der Waals surface area contributed by atoms with Crippen LogP contribution in [0.15, 0.2) is 0 Å². The van der Waals surface area contributed by atoms with E-state index in [1.54, 1.807) is 0 Å². The van der Waals surface area contributed by atoms with Crippen LogP contribution in [0.1, 0.15) is 78.1 Å². The van der Waals surface area contributed by atoms with Crippen molar-refractivity contribution in [3.63, 3.8) is 0 Å². The zero-order chi connectivity index (χ0) is 21.4. The number of carbonyl (C=O) groups is 3. The van der Waals surface area contributed by atoms with Gasteiger partial charge < -0.3 is 9.47 Å². The molecule has 5 nitrogen and oxygen atoms in total. The lowest BCUT2D eigenvalue weighted by Crippen LogP contribution is -2.49. The number of hydrogen-bond donors (Lipinski definition) is 0. The number of rotatable bonds is 5. The van der Waals surface area contributed by atoms with Gasteiger partial charge in [-0.25, -0.2) is 0 Å². The third kappa shape index (κ3) is 4.18. The van der Waals surface area contributed by atoms with Gasteiger partial charge >= 0.3 is 11.9 Å². The number of ether oxygens (including phenoxy) is 2. The maximum Gasteiger partial charge on any atom is 0.305 e. The van der Waals surface area contributed by atoms with Gasteiger partial charge in [0.05, 0.1) is 7.11 Å². The predicted octanol–water partition coefficient (Wildman–Crippen LogP) is 4.57. The Hall–Kier alpha value is -1.39. The Morgan fingerprint density at radius 1 is 1.00 bits per heavy atom. The van der Waals surface area contributed by atoms with E-state index in [2.05, 4.69) is 6.92 Å². The smallest absolute Gasteiger partial charge is 0.305 e. The molecule has 0 unspecified atom stereocenters. The molecular weight excluding hydrogens is 380 g/mol. The summed E-state index contributed by atoms with van der Waals surface area (Å²) in [6, 6.07) is 0. The fourth-order valence-electron chi connectivity index (χ4n) is 7.94. The SMILES string of the molecule is COC(=O)CC[C@H](C)[C@@H]1CC[C@@H]2[C@@H]3CC[C@@H]4C[C@H](OC(C)=O)CC[C@@H]4[C@@H]3CC(=O)[C@@H]21. The highest BCUT2D eigenvalue weighted by atomic mass is 16.5. The summed E-state index contributed by atoms with van der Waals surface area (Å²) in [7, 11) is 1.44. The highest BCUT2D eigenvalue weighted by molar-refractivity contribution is 5.83. The van der Waals surface area contributed by atoms with Crippen LogP contribution in [0.3, 0.4) is 0 Å². The lowest BCUT2D eigenvalue weighted by atomic mass is 9.52. The fourth-order valence-corrected chi connectivity index (χ4v) is 7.94. The van der Waals surface area contributed by atoms with Crippen molar-refractivity contribution in [3.8, 4) is 0 Å². The second-order valence-corrected chi connectivity index (χ2v) is 10.6. The fraction of sp³-hybridized carbons (Fsp3) is 0.880. The number of Topliss-reactive ketones (excluding diaryl/α,β-unsaturated/α-hetero) is 1. The van der Waals surface area contributed by atoms with Crippen molar-refractivity contribution in [1.82, 2.24) is 0 Å². The van der Waals surface area contributed by atoms with Crippen LogP contribution >= 0.6 is 0 Å². The lowest BCUT2D eigenvalue weighted by molar-refractivity contribution is -0.152. The Kier molecular flexibility index (Phi) is 6.55. The third-order valence-electron chi connectivity index (χ3n) is 9.17. The molecule has 0 heterocycles. The van der Waals surface area contributed by atoms with Gasteiger partial charge in [-0.1, -0.05) is 6.92 Å². The summed E-state index contributed by atoms with van der Waals surface area (Å²) in [5, 5.41) is 0. The molecule has 4 aliphatic carbocycles. The van der Waals surface area contributed by atoms with E-state index in [9.17, 15) is 14.4 Å². The number of hydrogen-bond acceptors (Lipinski definition) is 5. The summed E-state index contributed by atoms with van der Waals surface area (Å²) < 4.78 is 10.3. The molecule has 0 saturated heterocycles. The molecule has 30 heavy (non-hydrogen) atoms. The Morgan fingerprint density at radius 2 is 1.73 bits per heavy atom. The van der Waals surface area contributed by atoms with Crippen LogP contribution < -0.4 is 0 Å². The van der Waals surface area contributed by atoms with E-state index in [0.717, 1.165) is 38.5 Å². The van der Waals surface area contributed by atoms with Crippen molar-refractivity contribution in [2.45, 2.75) is 84.2 Å². The number of esters is 2. The molecule has 0 amide bonds. The Bertz CT molecular complexity index is 672. The van der Waals surface area contributed by atoms with Gasteiger partial charge in [-0.05, 0) is 92.8 Å². The molecule has 5 heteroatoms. The molecule has 4 fully saturated rings. The minimum Gasteiger partial charge on any atom is -0.469 e.